The largest absolute Gasteiger partial charge is 0.779 e. The summed E-state index contributed by atoms with van der Waals surface area (Å²) in [5.74, 6) is -0.884. The van der Waals surface area contributed by atoms with E-state index < -0.39 is 12.1 Å². The molecule has 124 valence electrons. The van der Waals surface area contributed by atoms with E-state index in [4.69, 9.17) is 17.4 Å². The first-order valence-corrected chi connectivity index (χ1v) is 8.19. The van der Waals surface area contributed by atoms with Crippen LogP contribution in [0.4, 0.5) is 0 Å². The molecule has 0 heterocycles. The van der Waals surface area contributed by atoms with Crippen molar-refractivity contribution in [1.29, 1.82) is 0 Å². The summed E-state index contributed by atoms with van der Waals surface area (Å²) >= 11 is 5.17. The maximum atomic E-state index is 12.9. The second kappa shape index (κ2) is 7.73. The zero-order valence-corrected chi connectivity index (χ0v) is 14.1. The van der Waals surface area contributed by atoms with Crippen molar-refractivity contribution in [2.24, 2.45) is 0 Å². The highest BCUT2D eigenvalue weighted by Crippen LogP contribution is 2.24. The standard InChI is InChI=1S/C21H16O3S/c22-19(15-9-3-1-4-10-15)20(16-11-5-2-6-12-16)24-21(23)17-13-7-8-14-18(17)25/h1-14,20,25H/p-1/t20-/m0/s1. The number of benzene rings is 3. The summed E-state index contributed by atoms with van der Waals surface area (Å²) in [6, 6.07) is 24.5. The van der Waals surface area contributed by atoms with Crippen LogP contribution < -0.4 is 0 Å². The predicted molar refractivity (Wildman–Crippen MR) is 97.4 cm³/mol. The molecule has 25 heavy (non-hydrogen) atoms. The highest BCUT2D eigenvalue weighted by atomic mass is 32.1. The van der Waals surface area contributed by atoms with Gasteiger partial charge in [0.05, 0.1) is 0 Å². The molecule has 0 bridgehead atoms. The van der Waals surface area contributed by atoms with E-state index in [1.54, 1.807) is 72.8 Å². The molecule has 3 aromatic carbocycles. The Hall–Kier alpha value is -2.98. The molecule has 0 aliphatic rings. The van der Waals surface area contributed by atoms with Crippen LogP contribution in [0, 0.1) is 0 Å². The Morgan fingerprint density at radius 3 is 1.96 bits per heavy atom. The van der Waals surface area contributed by atoms with Crippen LogP contribution in [0.3, 0.4) is 0 Å². The second-order valence-electron chi connectivity index (χ2n) is 5.42. The van der Waals surface area contributed by atoms with Crippen LogP contribution >= 0.6 is 0 Å². The first kappa shape index (κ1) is 16.9. The van der Waals surface area contributed by atoms with Crippen molar-refractivity contribution in [3.8, 4) is 0 Å². The van der Waals surface area contributed by atoms with Crippen LogP contribution in [-0.2, 0) is 17.4 Å². The van der Waals surface area contributed by atoms with Crippen LogP contribution in [0.1, 0.15) is 32.4 Å². The Balaban J connectivity index is 1.94. The van der Waals surface area contributed by atoms with Crippen molar-refractivity contribution in [2.75, 3.05) is 0 Å². The van der Waals surface area contributed by atoms with E-state index in [9.17, 15) is 9.59 Å². The topological polar surface area (TPSA) is 43.4 Å². The normalized spacial score (nSPS) is 11.5. The maximum Gasteiger partial charge on any atom is 0.337 e. The zero-order chi connectivity index (χ0) is 17.6. The Kier molecular flexibility index (Phi) is 5.21. The molecule has 0 fully saturated rings. The third kappa shape index (κ3) is 3.92. The number of rotatable bonds is 5. The van der Waals surface area contributed by atoms with Gasteiger partial charge in [-0.3, -0.25) is 4.79 Å². The molecule has 1 atom stereocenters. The highest BCUT2D eigenvalue weighted by Gasteiger charge is 2.26. The molecule has 0 spiro atoms. The maximum absolute atomic E-state index is 12.9. The third-order valence-corrected chi connectivity index (χ3v) is 4.09. The molecule has 0 saturated carbocycles. The number of carbonyl (C=O) groups is 2. The smallest absolute Gasteiger partial charge is 0.337 e. The van der Waals surface area contributed by atoms with Crippen LogP contribution in [0.25, 0.3) is 0 Å². The van der Waals surface area contributed by atoms with Gasteiger partial charge in [0.25, 0.3) is 0 Å². The van der Waals surface area contributed by atoms with E-state index in [0.29, 0.717) is 16.0 Å². The van der Waals surface area contributed by atoms with Gasteiger partial charge >= 0.3 is 5.97 Å². The zero-order valence-electron chi connectivity index (χ0n) is 13.3. The average molecular weight is 347 g/mol. The van der Waals surface area contributed by atoms with E-state index >= 15 is 0 Å². The number of Topliss-reactive ketones (excluding diaryl/α,β-unsaturated/α-hetero) is 1. The minimum absolute atomic E-state index is 0.276. The fourth-order valence-corrected chi connectivity index (χ4v) is 2.69. The van der Waals surface area contributed by atoms with Crippen molar-refractivity contribution < 1.29 is 14.3 Å². The minimum Gasteiger partial charge on any atom is -0.779 e. The summed E-state index contributed by atoms with van der Waals surface area (Å²) in [6.45, 7) is 0. The van der Waals surface area contributed by atoms with Gasteiger partial charge in [-0.2, -0.15) is 4.90 Å². The summed E-state index contributed by atoms with van der Waals surface area (Å²) in [5.41, 5.74) is 1.38. The predicted octanol–water partition coefficient (Wildman–Crippen LogP) is 4.37. The van der Waals surface area contributed by atoms with E-state index in [1.165, 1.54) is 0 Å². The van der Waals surface area contributed by atoms with Crippen molar-refractivity contribution in [2.45, 2.75) is 11.0 Å². The van der Waals surface area contributed by atoms with Gasteiger partial charge in [0.15, 0.2) is 6.10 Å². The number of carbonyl (C=O) groups excluding carboxylic acids is 2. The van der Waals surface area contributed by atoms with Gasteiger partial charge in [-0.15, -0.1) is 0 Å². The second-order valence-corrected chi connectivity index (χ2v) is 5.86. The van der Waals surface area contributed by atoms with E-state index in [0.717, 1.165) is 0 Å². The molecule has 4 heteroatoms. The molecule has 3 aromatic rings. The van der Waals surface area contributed by atoms with E-state index in [1.807, 2.05) is 12.1 Å². The van der Waals surface area contributed by atoms with Gasteiger partial charge in [-0.1, -0.05) is 78.9 Å². The number of ether oxygens (including phenoxy) is 1. The van der Waals surface area contributed by atoms with Gasteiger partial charge in [0.2, 0.25) is 5.78 Å². The fourth-order valence-electron chi connectivity index (χ4n) is 2.46. The van der Waals surface area contributed by atoms with Crippen molar-refractivity contribution >= 4 is 24.4 Å². The molecular weight excluding hydrogens is 332 g/mol. The molecule has 3 nitrogen and oxygen atoms in total. The fraction of sp³-hybridized carbons (Fsp3) is 0.0476. The molecular formula is C21H15O3S-. The minimum atomic E-state index is -1.02. The molecule has 0 amide bonds. The summed E-state index contributed by atoms with van der Waals surface area (Å²) in [7, 11) is 0. The lowest BCUT2D eigenvalue weighted by Gasteiger charge is -2.19. The average Bonchev–Trinajstić information content (AvgIpc) is 2.67. The lowest BCUT2D eigenvalue weighted by molar-refractivity contribution is 0.0276. The number of esters is 1. The Bertz CT molecular complexity index is 876. The van der Waals surface area contributed by atoms with E-state index in [-0.39, 0.29) is 11.3 Å². The number of hydrogen-bond acceptors (Lipinski definition) is 4. The summed E-state index contributed by atoms with van der Waals surface area (Å²) in [6.07, 6.45) is -1.02. The first-order chi connectivity index (χ1) is 12.2. The van der Waals surface area contributed by atoms with Gasteiger partial charge in [0.1, 0.15) is 0 Å². The van der Waals surface area contributed by atoms with Crippen molar-refractivity contribution in [3.63, 3.8) is 0 Å². The molecule has 0 aliphatic carbocycles. The van der Waals surface area contributed by atoms with Crippen LogP contribution in [0.5, 0.6) is 0 Å². The lowest BCUT2D eigenvalue weighted by atomic mass is 10.00. The Labute approximate surface area is 151 Å². The number of hydrogen-bond donors (Lipinski definition) is 0. The summed E-state index contributed by atoms with van der Waals surface area (Å²) in [5, 5.41) is 0. The van der Waals surface area contributed by atoms with Gasteiger partial charge in [-0.25, -0.2) is 4.79 Å². The monoisotopic (exact) mass is 347 g/mol. The van der Waals surface area contributed by atoms with Gasteiger partial charge < -0.3 is 17.4 Å². The summed E-state index contributed by atoms with van der Waals surface area (Å²) < 4.78 is 5.56. The molecule has 0 aromatic heterocycles. The number of ketones is 1. The van der Waals surface area contributed by atoms with Crippen LogP contribution in [0.2, 0.25) is 0 Å². The SMILES string of the molecule is O=C(O[C@H](C(=O)c1ccccc1)c1ccccc1)c1ccccc1[S-]. The van der Waals surface area contributed by atoms with Crippen LogP contribution in [0.15, 0.2) is 89.8 Å². The molecule has 0 aliphatic heterocycles. The molecule has 0 radical (unpaired) electrons. The third-order valence-electron chi connectivity index (χ3n) is 3.73. The van der Waals surface area contributed by atoms with Crippen LogP contribution in [-0.4, -0.2) is 11.8 Å². The molecule has 0 saturated heterocycles. The molecule has 3 rings (SSSR count). The van der Waals surface area contributed by atoms with Gasteiger partial charge in [-0.05, 0) is 6.07 Å². The quantitative estimate of drug-likeness (QED) is 0.390. The van der Waals surface area contributed by atoms with E-state index in [2.05, 4.69) is 0 Å². The molecule has 0 unspecified atom stereocenters. The van der Waals surface area contributed by atoms with Crippen molar-refractivity contribution in [3.05, 3.63) is 102 Å². The highest BCUT2D eigenvalue weighted by molar-refractivity contribution is 7.58. The Morgan fingerprint density at radius 2 is 1.32 bits per heavy atom. The lowest BCUT2D eigenvalue weighted by Crippen LogP contribution is -2.20. The summed E-state index contributed by atoms with van der Waals surface area (Å²) in [4.78, 5) is 25.8. The molecule has 0 N–H and O–H groups in total. The Morgan fingerprint density at radius 1 is 0.760 bits per heavy atom. The first-order valence-electron chi connectivity index (χ1n) is 7.78. The van der Waals surface area contributed by atoms with Gasteiger partial charge in [0, 0.05) is 16.7 Å². The van der Waals surface area contributed by atoms with Crippen molar-refractivity contribution in [1.82, 2.24) is 0 Å².